The third-order valence-electron chi connectivity index (χ3n) is 3.87. The lowest BCUT2D eigenvalue weighted by atomic mass is 9.84. The van der Waals surface area contributed by atoms with Crippen LogP contribution in [0.25, 0.3) is 11.0 Å². The molecule has 3 rings (SSSR count). The van der Waals surface area contributed by atoms with Gasteiger partial charge < -0.3 is 10.3 Å². The first-order valence-electron chi connectivity index (χ1n) is 6.29. The molecule has 0 aromatic carbocycles. The smallest absolute Gasteiger partial charge is 0.114 e. The molecule has 2 aromatic heterocycles. The number of hydrogen-bond acceptors (Lipinski definition) is 3. The van der Waals surface area contributed by atoms with E-state index in [4.69, 9.17) is 10.7 Å². The summed E-state index contributed by atoms with van der Waals surface area (Å²) in [7, 11) is 2.06. The SMILES string of the molecule is Cn1c(C2CCCCC2N)nc2ccncc21. The van der Waals surface area contributed by atoms with Crippen LogP contribution >= 0.6 is 0 Å². The number of aromatic nitrogens is 3. The van der Waals surface area contributed by atoms with Gasteiger partial charge in [0.25, 0.3) is 0 Å². The lowest BCUT2D eigenvalue weighted by Gasteiger charge is -2.27. The maximum atomic E-state index is 6.23. The largest absolute Gasteiger partial charge is 0.330 e. The molecule has 1 saturated carbocycles. The van der Waals surface area contributed by atoms with Gasteiger partial charge in [0.1, 0.15) is 5.82 Å². The van der Waals surface area contributed by atoms with Crippen molar-refractivity contribution in [3.63, 3.8) is 0 Å². The minimum Gasteiger partial charge on any atom is -0.330 e. The number of fused-ring (bicyclic) bond motifs is 1. The number of hydrogen-bond donors (Lipinski definition) is 1. The van der Waals surface area contributed by atoms with E-state index in [1.165, 1.54) is 12.8 Å². The van der Waals surface area contributed by atoms with Crippen molar-refractivity contribution in [1.82, 2.24) is 14.5 Å². The van der Waals surface area contributed by atoms with E-state index in [9.17, 15) is 0 Å². The number of nitrogens with two attached hydrogens (primary N) is 1. The topological polar surface area (TPSA) is 56.7 Å². The summed E-state index contributed by atoms with van der Waals surface area (Å²) in [5.74, 6) is 1.53. The third-order valence-corrected chi connectivity index (χ3v) is 3.87. The van der Waals surface area contributed by atoms with E-state index >= 15 is 0 Å². The third kappa shape index (κ3) is 1.72. The van der Waals surface area contributed by atoms with Gasteiger partial charge in [0.05, 0.1) is 17.2 Å². The summed E-state index contributed by atoms with van der Waals surface area (Å²) in [5, 5.41) is 0. The summed E-state index contributed by atoms with van der Waals surface area (Å²) in [4.78, 5) is 8.89. The molecule has 4 heteroatoms. The molecule has 4 nitrogen and oxygen atoms in total. The summed E-state index contributed by atoms with van der Waals surface area (Å²) in [6, 6.07) is 2.22. The van der Waals surface area contributed by atoms with Crippen LogP contribution < -0.4 is 5.73 Å². The van der Waals surface area contributed by atoms with Crippen molar-refractivity contribution in [1.29, 1.82) is 0 Å². The molecule has 0 aliphatic heterocycles. The first-order chi connectivity index (χ1) is 8.27. The molecule has 0 saturated heterocycles. The fourth-order valence-corrected chi connectivity index (χ4v) is 2.87. The fourth-order valence-electron chi connectivity index (χ4n) is 2.87. The molecular formula is C13H18N4. The van der Waals surface area contributed by atoms with Gasteiger partial charge in [0.15, 0.2) is 0 Å². The Kier molecular flexibility index (Phi) is 2.59. The van der Waals surface area contributed by atoms with E-state index in [0.29, 0.717) is 5.92 Å². The Hall–Kier alpha value is -1.42. The van der Waals surface area contributed by atoms with Crippen LogP contribution in [0, 0.1) is 0 Å². The van der Waals surface area contributed by atoms with Crippen molar-refractivity contribution in [2.45, 2.75) is 37.6 Å². The predicted octanol–water partition coefficient (Wildman–Crippen LogP) is 1.95. The van der Waals surface area contributed by atoms with Gasteiger partial charge in [-0.2, -0.15) is 0 Å². The Morgan fingerprint density at radius 3 is 2.94 bits per heavy atom. The number of aryl methyl sites for hydroxylation is 1. The molecule has 2 aromatic rings. The second kappa shape index (κ2) is 4.11. The maximum absolute atomic E-state index is 6.23. The van der Waals surface area contributed by atoms with Crippen molar-refractivity contribution in [2.75, 3.05) is 0 Å². The molecule has 2 heterocycles. The Balaban J connectivity index is 2.07. The molecule has 1 aliphatic rings. The fraction of sp³-hybridized carbons (Fsp3) is 0.538. The van der Waals surface area contributed by atoms with Gasteiger partial charge in [0, 0.05) is 25.2 Å². The molecule has 0 spiro atoms. The van der Waals surface area contributed by atoms with E-state index in [-0.39, 0.29) is 6.04 Å². The summed E-state index contributed by atoms with van der Waals surface area (Å²) in [6.07, 6.45) is 8.46. The van der Waals surface area contributed by atoms with Crippen LogP contribution in [0.5, 0.6) is 0 Å². The van der Waals surface area contributed by atoms with Gasteiger partial charge in [0.2, 0.25) is 0 Å². The zero-order chi connectivity index (χ0) is 11.8. The molecular weight excluding hydrogens is 212 g/mol. The van der Waals surface area contributed by atoms with E-state index in [2.05, 4.69) is 16.6 Å². The monoisotopic (exact) mass is 230 g/mol. The highest BCUT2D eigenvalue weighted by Crippen LogP contribution is 2.32. The van der Waals surface area contributed by atoms with Gasteiger partial charge in [-0.1, -0.05) is 12.8 Å². The zero-order valence-corrected chi connectivity index (χ0v) is 10.1. The highest BCUT2D eigenvalue weighted by Gasteiger charge is 2.27. The molecule has 2 unspecified atom stereocenters. The highest BCUT2D eigenvalue weighted by atomic mass is 15.1. The predicted molar refractivity (Wildman–Crippen MR) is 67.7 cm³/mol. The molecule has 90 valence electrons. The number of rotatable bonds is 1. The number of nitrogens with zero attached hydrogens (tertiary/aromatic N) is 3. The van der Waals surface area contributed by atoms with Crippen molar-refractivity contribution >= 4 is 11.0 Å². The van der Waals surface area contributed by atoms with E-state index in [1.807, 2.05) is 12.3 Å². The van der Waals surface area contributed by atoms with Crippen molar-refractivity contribution in [3.8, 4) is 0 Å². The standard InChI is InChI=1S/C13H18N4/c1-17-12-8-15-7-6-11(12)16-13(17)9-4-2-3-5-10(9)14/h6-10H,2-5,14H2,1H3. The number of pyridine rings is 1. The van der Waals surface area contributed by atoms with Crippen molar-refractivity contribution in [2.24, 2.45) is 12.8 Å². The van der Waals surface area contributed by atoms with E-state index in [1.54, 1.807) is 6.20 Å². The van der Waals surface area contributed by atoms with Crippen LogP contribution in [-0.4, -0.2) is 20.6 Å². The molecule has 17 heavy (non-hydrogen) atoms. The first-order valence-corrected chi connectivity index (χ1v) is 6.29. The first kappa shape index (κ1) is 10.7. The summed E-state index contributed by atoms with van der Waals surface area (Å²) in [6.45, 7) is 0. The zero-order valence-electron chi connectivity index (χ0n) is 10.1. The Labute approximate surface area is 101 Å². The van der Waals surface area contributed by atoms with Crippen LogP contribution in [-0.2, 0) is 7.05 Å². The van der Waals surface area contributed by atoms with Crippen LogP contribution in [0.4, 0.5) is 0 Å². The van der Waals surface area contributed by atoms with Gasteiger partial charge in [-0.05, 0) is 18.9 Å². The Morgan fingerprint density at radius 1 is 1.35 bits per heavy atom. The van der Waals surface area contributed by atoms with E-state index < -0.39 is 0 Å². The molecule has 2 N–H and O–H groups in total. The van der Waals surface area contributed by atoms with Gasteiger partial charge in [-0.3, -0.25) is 4.98 Å². The molecule has 0 radical (unpaired) electrons. The van der Waals surface area contributed by atoms with Crippen LogP contribution in [0.15, 0.2) is 18.5 Å². The van der Waals surface area contributed by atoms with Crippen molar-refractivity contribution < 1.29 is 0 Å². The average Bonchev–Trinajstić information content (AvgIpc) is 2.68. The molecule has 1 fully saturated rings. The lowest BCUT2D eigenvalue weighted by Crippen LogP contribution is -2.32. The summed E-state index contributed by atoms with van der Waals surface area (Å²) < 4.78 is 2.15. The van der Waals surface area contributed by atoms with Crippen molar-refractivity contribution in [3.05, 3.63) is 24.3 Å². The average molecular weight is 230 g/mol. The quantitative estimate of drug-likeness (QED) is 0.814. The molecule has 0 bridgehead atoms. The minimum absolute atomic E-state index is 0.257. The summed E-state index contributed by atoms with van der Waals surface area (Å²) in [5.41, 5.74) is 8.35. The lowest BCUT2D eigenvalue weighted by molar-refractivity contribution is 0.368. The van der Waals surface area contributed by atoms with Gasteiger partial charge >= 0.3 is 0 Å². The van der Waals surface area contributed by atoms with Crippen LogP contribution in [0.3, 0.4) is 0 Å². The van der Waals surface area contributed by atoms with Gasteiger partial charge in [-0.25, -0.2) is 4.98 Å². The van der Waals surface area contributed by atoms with Gasteiger partial charge in [-0.15, -0.1) is 0 Å². The molecule has 2 atom stereocenters. The molecule has 1 aliphatic carbocycles. The molecule has 0 amide bonds. The van der Waals surface area contributed by atoms with Crippen LogP contribution in [0.1, 0.15) is 37.4 Å². The Bertz CT molecular complexity index is 531. The second-order valence-electron chi connectivity index (χ2n) is 4.95. The van der Waals surface area contributed by atoms with Crippen LogP contribution in [0.2, 0.25) is 0 Å². The Morgan fingerprint density at radius 2 is 2.18 bits per heavy atom. The highest BCUT2D eigenvalue weighted by molar-refractivity contribution is 5.74. The number of imidazole rings is 1. The minimum atomic E-state index is 0.257. The maximum Gasteiger partial charge on any atom is 0.114 e. The normalized spacial score (nSPS) is 25.3. The second-order valence-corrected chi connectivity index (χ2v) is 4.95. The van der Waals surface area contributed by atoms with E-state index in [0.717, 1.165) is 29.7 Å². The summed E-state index contributed by atoms with van der Waals surface area (Å²) >= 11 is 0.